The molecule has 2 bridgehead atoms. The molecular formula is C21H23N9O10P2+2. The molecule has 9 atom stereocenters. The molecule has 6 N–H and O–H groups in total. The van der Waals surface area contributed by atoms with E-state index in [1.54, 1.807) is 12.3 Å². The number of imidazole rings is 1. The highest BCUT2D eigenvalue weighted by atomic mass is 31.1. The van der Waals surface area contributed by atoms with E-state index in [9.17, 15) is 19.0 Å². The molecule has 3 fully saturated rings. The molecule has 0 spiro atoms. The second kappa shape index (κ2) is 10.6. The Morgan fingerprint density at radius 3 is 2.64 bits per heavy atom. The average molecular weight is 623 g/mol. The van der Waals surface area contributed by atoms with Crippen LogP contribution < -0.4 is 17.0 Å². The summed E-state index contributed by atoms with van der Waals surface area (Å²) >= 11 is 0. The molecule has 0 aromatic carbocycles. The maximum absolute atomic E-state index is 13.0. The second-order valence-electron chi connectivity index (χ2n) is 9.69. The molecule has 0 aliphatic carbocycles. The van der Waals surface area contributed by atoms with Crippen molar-refractivity contribution >= 4 is 50.5 Å². The van der Waals surface area contributed by atoms with Crippen molar-refractivity contribution in [2.75, 3.05) is 24.7 Å². The molecule has 0 amide bonds. The van der Waals surface area contributed by atoms with E-state index in [2.05, 4.69) is 24.9 Å². The minimum Gasteiger partial charge on any atom is -0.385 e. The zero-order valence-electron chi connectivity index (χ0n) is 21.3. The SMILES string of the molecule is Nc1nc2c(ncn2[C@@H]2O[C@@H]3CO[P+](=O)O[C@H]4[C@@H](O)[C@H](n5ccc6c(N)ncnc65)O[C@@H]4CO[P+](=O)O[C@@H]2C3)c(=O)[nH]1. The molecule has 3 saturated heterocycles. The third kappa shape index (κ3) is 4.74. The van der Waals surface area contributed by atoms with Crippen LogP contribution in [0.3, 0.4) is 0 Å². The van der Waals surface area contributed by atoms with E-state index in [1.807, 2.05) is 0 Å². The predicted octanol–water partition coefficient (Wildman–Crippen LogP) is 0.407. The normalized spacial score (nSPS) is 32.5. The van der Waals surface area contributed by atoms with Gasteiger partial charge in [0.15, 0.2) is 35.8 Å². The van der Waals surface area contributed by atoms with Crippen molar-refractivity contribution in [3.63, 3.8) is 0 Å². The van der Waals surface area contributed by atoms with Gasteiger partial charge in [-0.1, -0.05) is 0 Å². The molecule has 2 unspecified atom stereocenters. The third-order valence-corrected chi connectivity index (χ3v) is 8.71. The smallest absolute Gasteiger partial charge is 0.385 e. The summed E-state index contributed by atoms with van der Waals surface area (Å²) in [5, 5.41) is 11.7. The Kier molecular flexibility index (Phi) is 6.92. The van der Waals surface area contributed by atoms with Crippen molar-refractivity contribution in [3.05, 3.63) is 35.3 Å². The number of nitrogens with one attached hydrogen (secondary N) is 1. The van der Waals surface area contributed by atoms with Crippen molar-refractivity contribution in [1.82, 2.24) is 34.1 Å². The number of aromatic nitrogens is 7. The van der Waals surface area contributed by atoms with Gasteiger partial charge in [0.1, 0.15) is 43.2 Å². The quantitative estimate of drug-likeness (QED) is 0.220. The van der Waals surface area contributed by atoms with E-state index in [-0.39, 0.29) is 42.6 Å². The molecule has 7 rings (SSSR count). The van der Waals surface area contributed by atoms with Gasteiger partial charge in [-0.3, -0.25) is 14.3 Å². The zero-order valence-corrected chi connectivity index (χ0v) is 23.1. The summed E-state index contributed by atoms with van der Waals surface area (Å²) in [6, 6.07) is 1.66. The van der Waals surface area contributed by atoms with E-state index >= 15 is 0 Å². The summed E-state index contributed by atoms with van der Waals surface area (Å²) in [7, 11) is -5.54. The Labute approximate surface area is 235 Å². The van der Waals surface area contributed by atoms with Gasteiger partial charge in [-0.05, 0) is 6.07 Å². The maximum atomic E-state index is 13.0. The summed E-state index contributed by atoms with van der Waals surface area (Å²) in [4.78, 5) is 31.0. The summed E-state index contributed by atoms with van der Waals surface area (Å²) < 4.78 is 63.0. The standard InChI is InChI=1S/C21H22N9O10P2/c22-15-9-1-2-29(16(9)25-6-24-15)20-13(31)14-11(38-20)5-36-41(33)39-10-3-8(4-35-42(34)40-14)37-19(10)30-7-26-12-17(30)27-21(23)28-18(12)32/h1-2,6-8,10-11,13-14,19-20,31H,3-5H2,(H4-,22,23,24,25,27,28,32)/q+1/p+1/t8-,10+,11+,13+,14+,19+,20+/m0/s1. The number of ether oxygens (including phenoxy) is 2. The van der Waals surface area contributed by atoms with Crippen LogP contribution in [0.25, 0.3) is 22.2 Å². The Bertz CT molecular complexity index is 1760. The van der Waals surface area contributed by atoms with E-state index < -0.39 is 65.0 Å². The van der Waals surface area contributed by atoms with Crippen LogP contribution in [0.4, 0.5) is 11.8 Å². The highest BCUT2D eigenvalue weighted by Gasteiger charge is 2.53. The maximum Gasteiger partial charge on any atom is 0.697 e. The Hall–Kier alpha value is -3.51. The average Bonchev–Trinajstić information content (AvgIpc) is 3.72. The van der Waals surface area contributed by atoms with Crippen LogP contribution in [0.2, 0.25) is 0 Å². The number of fused-ring (bicyclic) bond motifs is 5. The zero-order chi connectivity index (χ0) is 29.1. The number of nitrogen functional groups attached to an aromatic ring is 2. The van der Waals surface area contributed by atoms with E-state index in [0.29, 0.717) is 11.0 Å². The van der Waals surface area contributed by atoms with Crippen LogP contribution in [-0.2, 0) is 36.7 Å². The minimum atomic E-state index is -2.78. The monoisotopic (exact) mass is 623 g/mol. The van der Waals surface area contributed by atoms with Crippen molar-refractivity contribution in [2.24, 2.45) is 0 Å². The number of H-pyrrole nitrogens is 1. The highest BCUT2D eigenvalue weighted by molar-refractivity contribution is 7.33. The molecule has 4 aromatic rings. The van der Waals surface area contributed by atoms with E-state index in [4.69, 9.17) is 39.0 Å². The van der Waals surface area contributed by atoms with Gasteiger partial charge in [0, 0.05) is 21.7 Å². The van der Waals surface area contributed by atoms with Crippen molar-refractivity contribution in [1.29, 1.82) is 0 Å². The van der Waals surface area contributed by atoms with Gasteiger partial charge in [0.2, 0.25) is 5.95 Å². The van der Waals surface area contributed by atoms with Crippen LogP contribution in [0.15, 0.2) is 29.7 Å². The van der Waals surface area contributed by atoms with Crippen LogP contribution >= 0.6 is 16.5 Å². The van der Waals surface area contributed by atoms with E-state index in [1.165, 1.54) is 21.8 Å². The molecule has 220 valence electrons. The Balaban J connectivity index is 1.14. The topological polar surface area (TPSA) is 256 Å². The Morgan fingerprint density at radius 2 is 1.79 bits per heavy atom. The first-order chi connectivity index (χ1) is 20.3. The summed E-state index contributed by atoms with van der Waals surface area (Å²) in [6.45, 7) is -0.571. The van der Waals surface area contributed by atoms with Crippen molar-refractivity contribution in [3.8, 4) is 0 Å². The molecule has 19 nitrogen and oxygen atoms in total. The molecule has 21 heteroatoms. The lowest BCUT2D eigenvalue weighted by atomic mass is 10.1. The molecule has 7 heterocycles. The molecule has 0 saturated carbocycles. The second-order valence-corrected chi connectivity index (χ2v) is 11.5. The van der Waals surface area contributed by atoms with Gasteiger partial charge in [-0.25, -0.2) is 15.0 Å². The molecule has 0 radical (unpaired) electrons. The van der Waals surface area contributed by atoms with Gasteiger partial charge in [0.25, 0.3) is 5.56 Å². The number of aliphatic hydroxyl groups is 1. The number of hydrogen-bond donors (Lipinski definition) is 4. The highest BCUT2D eigenvalue weighted by Crippen LogP contribution is 2.44. The summed E-state index contributed by atoms with van der Waals surface area (Å²) in [6.07, 6.45) is -2.83. The van der Waals surface area contributed by atoms with Crippen LogP contribution in [-0.4, -0.2) is 82.9 Å². The van der Waals surface area contributed by atoms with Crippen LogP contribution in [0, 0.1) is 0 Å². The van der Waals surface area contributed by atoms with Crippen LogP contribution in [0.1, 0.15) is 18.9 Å². The van der Waals surface area contributed by atoms with Gasteiger partial charge >= 0.3 is 16.5 Å². The largest absolute Gasteiger partial charge is 0.697 e. The molecular weight excluding hydrogens is 600 g/mol. The summed E-state index contributed by atoms with van der Waals surface area (Å²) in [5.74, 6) is 0.106. The van der Waals surface area contributed by atoms with Crippen molar-refractivity contribution < 1.29 is 41.8 Å². The molecule has 3 aliphatic heterocycles. The fourth-order valence-electron chi connectivity index (χ4n) is 5.25. The summed E-state index contributed by atoms with van der Waals surface area (Å²) in [5.41, 5.74) is 11.6. The first-order valence-electron chi connectivity index (χ1n) is 12.6. The number of rotatable bonds is 2. The number of hydrogen-bond acceptors (Lipinski definition) is 16. The van der Waals surface area contributed by atoms with Gasteiger partial charge in [-0.2, -0.15) is 4.98 Å². The minimum absolute atomic E-state index is 0.0138. The molecule has 42 heavy (non-hydrogen) atoms. The lowest BCUT2D eigenvalue weighted by Gasteiger charge is -2.17. The molecule has 4 aromatic heterocycles. The van der Waals surface area contributed by atoms with Gasteiger partial charge < -0.3 is 30.6 Å². The lowest BCUT2D eigenvalue weighted by molar-refractivity contribution is -0.0561. The fraction of sp³-hybridized carbons (Fsp3) is 0.476. The van der Waals surface area contributed by atoms with Crippen molar-refractivity contribution in [2.45, 2.75) is 49.4 Å². The first kappa shape index (κ1) is 27.3. The Morgan fingerprint density at radius 1 is 0.976 bits per heavy atom. The number of anilines is 2. The molecule has 3 aliphatic rings. The lowest BCUT2D eigenvalue weighted by Crippen LogP contribution is -2.35. The number of aromatic amines is 1. The third-order valence-electron chi connectivity index (χ3n) is 7.13. The van der Waals surface area contributed by atoms with Gasteiger partial charge in [-0.15, -0.1) is 18.1 Å². The number of nitrogens with two attached hydrogens (primary N) is 2. The van der Waals surface area contributed by atoms with Gasteiger partial charge in [0.05, 0.1) is 17.8 Å². The number of nitrogens with zero attached hydrogens (tertiary/aromatic N) is 6. The fourth-order valence-corrected chi connectivity index (χ4v) is 6.80. The number of aliphatic hydroxyl groups excluding tert-OH is 1. The first-order valence-corrected chi connectivity index (χ1v) is 14.8. The predicted molar refractivity (Wildman–Crippen MR) is 140 cm³/mol. The van der Waals surface area contributed by atoms with Crippen LogP contribution in [0.5, 0.6) is 0 Å². The van der Waals surface area contributed by atoms with E-state index in [0.717, 1.165) is 0 Å².